The number of hydrogen-bond donors (Lipinski definition) is 1. The lowest BCUT2D eigenvalue weighted by Gasteiger charge is -2.39. The van der Waals surface area contributed by atoms with Crippen LogP contribution < -0.4 is 15.0 Å². The number of carbonyl (C=O) groups is 2. The average Bonchev–Trinajstić information content (AvgIpc) is 2.78. The third-order valence-electron chi connectivity index (χ3n) is 6.01. The molecule has 1 aromatic carbocycles. The molecule has 1 fully saturated rings. The first kappa shape index (κ1) is 23.0. The Morgan fingerprint density at radius 1 is 1.26 bits per heavy atom. The molecule has 31 heavy (non-hydrogen) atoms. The topological polar surface area (TPSA) is 114 Å². The van der Waals surface area contributed by atoms with Gasteiger partial charge in [-0.2, -0.15) is 0 Å². The highest BCUT2D eigenvalue weighted by Gasteiger charge is 2.31. The fourth-order valence-corrected chi connectivity index (χ4v) is 4.23. The number of ether oxygens (including phenoxy) is 2. The van der Waals surface area contributed by atoms with E-state index in [4.69, 9.17) is 9.47 Å². The summed E-state index contributed by atoms with van der Waals surface area (Å²) in [7, 11) is 0. The molecule has 0 bridgehead atoms. The van der Waals surface area contributed by atoms with Gasteiger partial charge in [0.05, 0.1) is 23.8 Å². The van der Waals surface area contributed by atoms with Gasteiger partial charge in [-0.05, 0) is 12.0 Å². The molecule has 2 aliphatic heterocycles. The highest BCUT2D eigenvalue weighted by atomic mass is 16.6. The van der Waals surface area contributed by atoms with Gasteiger partial charge in [-0.1, -0.05) is 26.7 Å². The van der Waals surface area contributed by atoms with Crippen molar-refractivity contribution in [1.29, 1.82) is 0 Å². The van der Waals surface area contributed by atoms with Gasteiger partial charge >= 0.3 is 0 Å². The van der Waals surface area contributed by atoms with Gasteiger partial charge in [0.2, 0.25) is 5.91 Å². The molecule has 1 atom stereocenters. The van der Waals surface area contributed by atoms with E-state index in [-0.39, 0.29) is 36.5 Å². The second-order valence-corrected chi connectivity index (χ2v) is 7.77. The first-order valence-electron chi connectivity index (χ1n) is 10.7. The van der Waals surface area contributed by atoms with Crippen LogP contribution in [0.1, 0.15) is 26.7 Å². The second-order valence-electron chi connectivity index (χ2n) is 7.77. The summed E-state index contributed by atoms with van der Waals surface area (Å²) in [5.74, 6) is 0.0674. The number of nitrogens with one attached hydrogen (secondary N) is 1. The van der Waals surface area contributed by atoms with Gasteiger partial charge in [0.25, 0.3) is 11.6 Å². The maximum atomic E-state index is 12.7. The minimum atomic E-state index is -0.541. The summed E-state index contributed by atoms with van der Waals surface area (Å²) >= 11 is 0. The standard InChI is InChI=1S/C21H30N4O6/c1-3-15(4-2)18(23-7-9-30-10-8-23)12-22-20(26)13-24-17-11-16(25(28)29)5-6-19(17)31-14-21(24)27/h5-6,11,15,18H,3-4,7-10,12-14H2,1-2H3,(H,22,26)/t18-/m1/s1. The largest absolute Gasteiger partial charge is 0.482 e. The van der Waals surface area contributed by atoms with E-state index >= 15 is 0 Å². The molecule has 1 aromatic rings. The Morgan fingerprint density at radius 3 is 2.61 bits per heavy atom. The summed E-state index contributed by atoms with van der Waals surface area (Å²) in [5.41, 5.74) is 0.0777. The van der Waals surface area contributed by atoms with Crippen molar-refractivity contribution < 1.29 is 24.0 Å². The Bertz CT molecular complexity index is 807. The van der Waals surface area contributed by atoms with E-state index in [0.29, 0.717) is 31.4 Å². The molecular weight excluding hydrogens is 404 g/mol. The molecule has 2 amide bonds. The van der Waals surface area contributed by atoms with E-state index in [1.54, 1.807) is 0 Å². The number of rotatable bonds is 9. The van der Waals surface area contributed by atoms with Crippen LogP contribution >= 0.6 is 0 Å². The van der Waals surface area contributed by atoms with Crippen LogP contribution in [0.2, 0.25) is 0 Å². The number of benzene rings is 1. The van der Waals surface area contributed by atoms with Crippen molar-refractivity contribution in [3.05, 3.63) is 28.3 Å². The average molecular weight is 434 g/mol. The number of nitro benzene ring substituents is 1. The molecule has 3 rings (SSSR count). The number of non-ortho nitro benzene ring substituents is 1. The van der Waals surface area contributed by atoms with Crippen molar-refractivity contribution in [1.82, 2.24) is 10.2 Å². The smallest absolute Gasteiger partial charge is 0.271 e. The van der Waals surface area contributed by atoms with E-state index in [2.05, 4.69) is 24.1 Å². The zero-order valence-corrected chi connectivity index (χ0v) is 18.0. The van der Waals surface area contributed by atoms with Crippen LogP contribution in [-0.4, -0.2) is 73.7 Å². The van der Waals surface area contributed by atoms with Crippen LogP contribution in [0.15, 0.2) is 18.2 Å². The molecule has 0 radical (unpaired) electrons. The number of nitrogens with zero attached hydrogens (tertiary/aromatic N) is 3. The van der Waals surface area contributed by atoms with Gasteiger partial charge in [-0.25, -0.2) is 0 Å². The van der Waals surface area contributed by atoms with Gasteiger partial charge in [-0.15, -0.1) is 0 Å². The lowest BCUT2D eigenvalue weighted by molar-refractivity contribution is -0.384. The van der Waals surface area contributed by atoms with Gasteiger partial charge in [-0.3, -0.25) is 29.5 Å². The maximum absolute atomic E-state index is 12.7. The van der Waals surface area contributed by atoms with Crippen molar-refractivity contribution in [2.75, 3.05) is 50.9 Å². The molecule has 1 N–H and O–H groups in total. The third kappa shape index (κ3) is 5.50. The molecule has 0 saturated carbocycles. The molecule has 0 aliphatic carbocycles. The molecule has 0 aromatic heterocycles. The highest BCUT2D eigenvalue weighted by molar-refractivity contribution is 6.02. The number of nitro groups is 1. The molecular formula is C21H30N4O6. The van der Waals surface area contributed by atoms with Gasteiger partial charge < -0.3 is 14.8 Å². The molecule has 170 valence electrons. The summed E-state index contributed by atoms with van der Waals surface area (Å²) in [5, 5.41) is 14.1. The lowest BCUT2D eigenvalue weighted by Crippen LogP contribution is -2.53. The first-order valence-corrected chi connectivity index (χ1v) is 10.7. The van der Waals surface area contributed by atoms with E-state index in [1.165, 1.54) is 23.1 Å². The van der Waals surface area contributed by atoms with Crippen LogP contribution in [0, 0.1) is 16.0 Å². The SMILES string of the molecule is CCC(CC)[C@@H](CNC(=O)CN1C(=O)COc2ccc([N+](=O)[O-])cc21)N1CCOCC1. The normalized spacial score (nSPS) is 17.8. The Hall–Kier alpha value is -2.72. The Labute approximate surface area is 181 Å². The highest BCUT2D eigenvalue weighted by Crippen LogP contribution is 2.35. The minimum absolute atomic E-state index is 0.163. The summed E-state index contributed by atoms with van der Waals surface area (Å²) in [6.45, 7) is 7.39. The van der Waals surface area contributed by atoms with Crippen LogP contribution in [-0.2, 0) is 14.3 Å². The van der Waals surface area contributed by atoms with Crippen molar-refractivity contribution in [2.24, 2.45) is 5.92 Å². The summed E-state index contributed by atoms with van der Waals surface area (Å²) in [6.07, 6.45) is 2.01. The number of carbonyl (C=O) groups excluding carboxylic acids is 2. The predicted molar refractivity (Wildman–Crippen MR) is 114 cm³/mol. The maximum Gasteiger partial charge on any atom is 0.271 e. The summed E-state index contributed by atoms with van der Waals surface area (Å²) in [6, 6.07) is 4.22. The van der Waals surface area contributed by atoms with Gasteiger partial charge in [0, 0.05) is 37.8 Å². The summed E-state index contributed by atoms with van der Waals surface area (Å²) < 4.78 is 10.8. The molecule has 10 nitrogen and oxygen atoms in total. The molecule has 0 spiro atoms. The van der Waals surface area contributed by atoms with Crippen molar-refractivity contribution in [3.63, 3.8) is 0 Å². The summed E-state index contributed by atoms with van der Waals surface area (Å²) in [4.78, 5) is 39.3. The quantitative estimate of drug-likeness (QED) is 0.463. The number of morpholine rings is 1. The predicted octanol–water partition coefficient (Wildman–Crippen LogP) is 1.57. The Morgan fingerprint density at radius 2 is 1.97 bits per heavy atom. The molecule has 0 unspecified atom stereocenters. The number of hydrogen-bond acceptors (Lipinski definition) is 7. The second kappa shape index (κ2) is 10.5. The lowest BCUT2D eigenvalue weighted by atomic mass is 9.92. The fourth-order valence-electron chi connectivity index (χ4n) is 4.23. The number of amides is 2. The Kier molecular flexibility index (Phi) is 7.80. The number of anilines is 1. The molecule has 10 heteroatoms. The molecule has 2 aliphatic rings. The van der Waals surface area contributed by atoms with E-state index in [0.717, 1.165) is 25.9 Å². The van der Waals surface area contributed by atoms with Crippen molar-refractivity contribution in [3.8, 4) is 5.75 Å². The van der Waals surface area contributed by atoms with Crippen LogP contribution in [0.5, 0.6) is 5.75 Å². The zero-order chi connectivity index (χ0) is 22.4. The van der Waals surface area contributed by atoms with E-state index < -0.39 is 10.8 Å². The van der Waals surface area contributed by atoms with E-state index in [1.807, 2.05) is 0 Å². The van der Waals surface area contributed by atoms with Crippen molar-refractivity contribution >= 4 is 23.2 Å². The number of fused-ring (bicyclic) bond motifs is 1. The first-order chi connectivity index (χ1) is 14.9. The van der Waals surface area contributed by atoms with Gasteiger partial charge in [0.1, 0.15) is 12.3 Å². The van der Waals surface area contributed by atoms with Crippen LogP contribution in [0.3, 0.4) is 0 Å². The molecule has 2 heterocycles. The van der Waals surface area contributed by atoms with Crippen LogP contribution in [0.25, 0.3) is 0 Å². The molecule has 1 saturated heterocycles. The zero-order valence-electron chi connectivity index (χ0n) is 18.0. The van der Waals surface area contributed by atoms with Crippen molar-refractivity contribution in [2.45, 2.75) is 32.7 Å². The minimum Gasteiger partial charge on any atom is -0.482 e. The fraction of sp³-hybridized carbons (Fsp3) is 0.619. The van der Waals surface area contributed by atoms with E-state index in [9.17, 15) is 19.7 Å². The van der Waals surface area contributed by atoms with Crippen LogP contribution in [0.4, 0.5) is 11.4 Å². The third-order valence-corrected chi connectivity index (χ3v) is 6.01. The van der Waals surface area contributed by atoms with Gasteiger partial charge in [0.15, 0.2) is 6.61 Å². The Balaban J connectivity index is 1.68. The monoisotopic (exact) mass is 434 g/mol.